The first-order valence-corrected chi connectivity index (χ1v) is 20.9. The SMILES string of the molecule is C=CC1([C@H](C)C(=O)N2[C@H](C#N)CC3C[C@@H]32)CCC1.C[C@H](C(=O)N1[C@H](C#N)CC2C[C@@H]21)C1(CO)CCC1.C[C@H](C(=O)N1[C@H](C#N)CC2C[C@@H]21)C1(CO)CCC1. The van der Waals surface area contributed by atoms with E-state index in [0.29, 0.717) is 35.9 Å². The maximum absolute atomic E-state index is 12.7. The van der Waals surface area contributed by atoms with Gasteiger partial charge in [-0.05, 0) is 100 Å². The fraction of sp³-hybridized carbons (Fsp3) is 0.814. The zero-order chi connectivity index (χ0) is 38.7. The molecule has 6 aliphatic carbocycles. The molecule has 0 aromatic carbocycles. The number of aliphatic hydroxyl groups is 2. The van der Waals surface area contributed by atoms with Gasteiger partial charge >= 0.3 is 0 Å². The molecule has 0 bridgehead atoms. The fourth-order valence-corrected chi connectivity index (χ4v) is 11.2. The number of rotatable bonds is 9. The third-order valence-electron chi connectivity index (χ3n) is 16.4. The number of nitriles is 3. The van der Waals surface area contributed by atoms with Gasteiger partial charge in [0, 0.05) is 59.9 Å². The van der Waals surface area contributed by atoms with Crippen molar-refractivity contribution >= 4 is 17.7 Å². The van der Waals surface area contributed by atoms with Crippen molar-refractivity contribution in [2.45, 2.75) is 153 Å². The second kappa shape index (κ2) is 14.6. The Bertz CT molecular complexity index is 1540. The van der Waals surface area contributed by atoms with Crippen molar-refractivity contribution in [3.05, 3.63) is 12.7 Å². The van der Waals surface area contributed by atoms with Crippen LogP contribution in [0.3, 0.4) is 0 Å². The van der Waals surface area contributed by atoms with Crippen LogP contribution in [0.5, 0.6) is 0 Å². The fourth-order valence-electron chi connectivity index (χ4n) is 11.2. The van der Waals surface area contributed by atoms with Gasteiger partial charge in [0.25, 0.3) is 0 Å². The second-order valence-electron chi connectivity index (χ2n) is 18.8. The van der Waals surface area contributed by atoms with E-state index in [1.54, 1.807) is 0 Å². The third kappa shape index (κ3) is 6.34. The molecule has 292 valence electrons. The van der Waals surface area contributed by atoms with Crippen LogP contribution in [0, 0.1) is 85.7 Å². The summed E-state index contributed by atoms with van der Waals surface area (Å²) in [5.74, 6) is 1.81. The Kier molecular flexibility index (Phi) is 10.5. The number of fused-ring (bicyclic) bond motifs is 3. The Morgan fingerprint density at radius 2 is 0.926 bits per heavy atom. The van der Waals surface area contributed by atoms with E-state index in [0.717, 1.165) is 89.9 Å². The Balaban J connectivity index is 0.000000125. The molecule has 11 nitrogen and oxygen atoms in total. The van der Waals surface area contributed by atoms with Crippen LogP contribution in [0.4, 0.5) is 0 Å². The minimum atomic E-state index is -0.223. The lowest BCUT2D eigenvalue weighted by atomic mass is 9.61. The van der Waals surface area contributed by atoms with Gasteiger partial charge in [0.1, 0.15) is 18.1 Å². The topological polar surface area (TPSA) is 173 Å². The number of piperidine rings is 3. The van der Waals surface area contributed by atoms with Crippen molar-refractivity contribution in [3.8, 4) is 18.2 Å². The van der Waals surface area contributed by atoms with Crippen molar-refractivity contribution in [3.63, 3.8) is 0 Å². The minimum Gasteiger partial charge on any atom is -0.396 e. The van der Waals surface area contributed by atoms with Crippen LogP contribution in [0.15, 0.2) is 12.7 Å². The molecule has 3 saturated heterocycles. The lowest BCUT2D eigenvalue weighted by Gasteiger charge is -2.45. The highest BCUT2D eigenvalue weighted by Crippen LogP contribution is 2.55. The number of carbonyl (C=O) groups excluding carboxylic acids is 3. The Labute approximate surface area is 321 Å². The molecule has 9 rings (SSSR count). The van der Waals surface area contributed by atoms with Gasteiger partial charge in [0.05, 0.1) is 18.2 Å². The van der Waals surface area contributed by atoms with Gasteiger partial charge in [-0.2, -0.15) is 15.8 Å². The number of likely N-dealkylation sites (tertiary alicyclic amines) is 3. The number of amides is 3. The molecule has 0 aromatic rings. The van der Waals surface area contributed by atoms with Crippen molar-refractivity contribution < 1.29 is 24.6 Å². The van der Waals surface area contributed by atoms with Gasteiger partial charge in [0.2, 0.25) is 17.7 Å². The highest BCUT2D eigenvalue weighted by atomic mass is 16.3. The standard InChI is InChI=1S/C15H20N2O.2C14H20N2O2/c1-3-15(5-4-6-15)10(2)14(18)17-12(9-16)7-11-8-13(11)17;2*1-9(14(8-17)3-2-4-14)13(18)16-11(7-15)5-10-6-12(10)16/h3,10-13H,1,4-8H2,2H3;2*9-12,17H,2-6,8H2,1H3/t10-,11?,12+,13+;2*9-,10?,11+,12+/m111/s1. The van der Waals surface area contributed by atoms with Crippen LogP contribution < -0.4 is 0 Å². The van der Waals surface area contributed by atoms with Crippen molar-refractivity contribution in [2.75, 3.05) is 13.2 Å². The number of allylic oxidation sites excluding steroid dienone is 1. The number of aliphatic hydroxyl groups excluding tert-OH is 2. The molecule has 9 aliphatic rings. The molecule has 54 heavy (non-hydrogen) atoms. The molecular weight excluding hydrogens is 681 g/mol. The lowest BCUT2D eigenvalue weighted by molar-refractivity contribution is -0.146. The second-order valence-corrected chi connectivity index (χ2v) is 18.8. The molecular formula is C43H60N6O5. The Morgan fingerprint density at radius 3 is 1.15 bits per heavy atom. The van der Waals surface area contributed by atoms with Crippen LogP contribution in [-0.2, 0) is 14.4 Å². The highest BCUT2D eigenvalue weighted by Gasteiger charge is 2.59. The molecule has 0 spiro atoms. The molecule has 2 N–H and O–H groups in total. The average molecular weight is 741 g/mol. The molecule has 3 amide bonds. The van der Waals surface area contributed by atoms with E-state index in [1.165, 1.54) is 6.42 Å². The normalized spacial score (nSPS) is 37.3. The number of carbonyl (C=O) groups is 3. The minimum absolute atomic E-state index is 0.00403. The van der Waals surface area contributed by atoms with E-state index in [-0.39, 0.29) is 83.1 Å². The molecule has 11 heteroatoms. The first-order chi connectivity index (χ1) is 25.9. The molecule has 9 fully saturated rings. The van der Waals surface area contributed by atoms with Gasteiger partial charge in [-0.25, -0.2) is 0 Å². The third-order valence-corrected chi connectivity index (χ3v) is 16.4. The summed E-state index contributed by atoms with van der Waals surface area (Å²) in [6, 6.07) is 7.20. The first-order valence-electron chi connectivity index (χ1n) is 20.9. The van der Waals surface area contributed by atoms with E-state index in [1.807, 2.05) is 41.5 Å². The van der Waals surface area contributed by atoms with Crippen molar-refractivity contribution in [2.24, 2.45) is 51.8 Å². The van der Waals surface area contributed by atoms with Crippen LogP contribution >= 0.6 is 0 Å². The summed E-state index contributed by atoms with van der Waals surface area (Å²) in [4.78, 5) is 43.4. The number of hydrogen-bond donors (Lipinski definition) is 2. The molecule has 12 atom stereocenters. The van der Waals surface area contributed by atoms with Gasteiger partial charge in [0.15, 0.2) is 0 Å². The van der Waals surface area contributed by atoms with Crippen LogP contribution in [0.2, 0.25) is 0 Å². The van der Waals surface area contributed by atoms with Crippen LogP contribution in [0.1, 0.15) is 117 Å². The summed E-state index contributed by atoms with van der Waals surface area (Å²) in [5.41, 5.74) is -0.405. The summed E-state index contributed by atoms with van der Waals surface area (Å²) < 4.78 is 0. The average Bonchev–Trinajstić information content (AvgIpc) is 4.10. The quantitative estimate of drug-likeness (QED) is 0.308. The zero-order valence-corrected chi connectivity index (χ0v) is 32.5. The monoisotopic (exact) mass is 740 g/mol. The maximum Gasteiger partial charge on any atom is 0.227 e. The van der Waals surface area contributed by atoms with Gasteiger partial charge in [-0.3, -0.25) is 14.4 Å². The van der Waals surface area contributed by atoms with Gasteiger partial charge in [-0.15, -0.1) is 6.58 Å². The van der Waals surface area contributed by atoms with Crippen LogP contribution in [0.25, 0.3) is 0 Å². The predicted molar refractivity (Wildman–Crippen MR) is 199 cm³/mol. The highest BCUT2D eigenvalue weighted by molar-refractivity contribution is 5.83. The van der Waals surface area contributed by atoms with Crippen LogP contribution in [-0.4, -0.2) is 92.1 Å². The van der Waals surface area contributed by atoms with Crippen molar-refractivity contribution in [1.82, 2.24) is 14.7 Å². The molecule has 3 aliphatic heterocycles. The zero-order valence-electron chi connectivity index (χ0n) is 32.5. The summed E-state index contributed by atoms with van der Waals surface area (Å²) in [5, 5.41) is 46.6. The Hall–Kier alpha value is -3.46. The maximum atomic E-state index is 12.7. The summed E-state index contributed by atoms with van der Waals surface area (Å²) >= 11 is 0. The predicted octanol–water partition coefficient (Wildman–Crippen LogP) is 5.09. The lowest BCUT2D eigenvalue weighted by Crippen LogP contribution is -2.50. The first kappa shape index (κ1) is 38.8. The largest absolute Gasteiger partial charge is 0.396 e. The van der Waals surface area contributed by atoms with Crippen molar-refractivity contribution in [1.29, 1.82) is 15.8 Å². The smallest absolute Gasteiger partial charge is 0.227 e. The number of hydrogen-bond acceptors (Lipinski definition) is 8. The summed E-state index contributed by atoms with van der Waals surface area (Å²) in [6.45, 7) is 10.00. The van der Waals surface area contributed by atoms with E-state index in [4.69, 9.17) is 10.5 Å². The summed E-state index contributed by atoms with van der Waals surface area (Å²) in [6.07, 6.45) is 17.1. The van der Waals surface area contributed by atoms with Gasteiger partial charge in [-0.1, -0.05) is 46.1 Å². The van der Waals surface area contributed by atoms with Gasteiger partial charge < -0.3 is 24.9 Å². The van der Waals surface area contributed by atoms with E-state index in [2.05, 4.69) is 24.8 Å². The molecule has 0 aromatic heterocycles. The molecule has 0 radical (unpaired) electrons. The molecule has 3 unspecified atom stereocenters. The number of nitrogens with zero attached hydrogens (tertiary/aromatic N) is 6. The molecule has 6 saturated carbocycles. The Morgan fingerprint density at radius 1 is 0.611 bits per heavy atom. The summed E-state index contributed by atoms with van der Waals surface area (Å²) in [7, 11) is 0. The van der Waals surface area contributed by atoms with E-state index < -0.39 is 0 Å². The van der Waals surface area contributed by atoms with E-state index >= 15 is 0 Å². The van der Waals surface area contributed by atoms with E-state index in [9.17, 15) is 29.9 Å². The molecule has 3 heterocycles.